The molecule has 19 heavy (non-hydrogen) atoms. The highest BCUT2D eigenvalue weighted by Gasteiger charge is 2.07. The zero-order valence-corrected chi connectivity index (χ0v) is 11.4. The van der Waals surface area contributed by atoms with E-state index in [-0.39, 0.29) is 11.7 Å². The van der Waals surface area contributed by atoms with Gasteiger partial charge in [0.05, 0.1) is 11.6 Å². The highest BCUT2D eigenvalue weighted by Crippen LogP contribution is 2.20. The normalized spacial score (nSPS) is 12.6. The molecule has 0 spiro atoms. The lowest BCUT2D eigenvalue weighted by atomic mass is 10.1. The number of nitrogens with zero attached hydrogens (tertiary/aromatic N) is 1. The Hall–Kier alpha value is -1.81. The number of pyridine rings is 1. The van der Waals surface area contributed by atoms with Gasteiger partial charge in [-0.3, -0.25) is 4.79 Å². The topological polar surface area (TPSA) is 54.3 Å². The Kier molecular flexibility index (Phi) is 4.22. The van der Waals surface area contributed by atoms with Crippen molar-refractivity contribution in [1.29, 1.82) is 0 Å². The smallest absolute Gasteiger partial charge is 0.252 e. The number of hydrogen-bond acceptors (Lipinski definition) is 3. The summed E-state index contributed by atoms with van der Waals surface area (Å²) in [7, 11) is 1.76. The van der Waals surface area contributed by atoms with Gasteiger partial charge in [0.2, 0.25) is 0 Å². The minimum absolute atomic E-state index is 0.0498. The van der Waals surface area contributed by atoms with E-state index in [2.05, 4.69) is 5.32 Å². The average molecular weight is 260 g/mol. The molecule has 0 saturated carbocycles. The highest BCUT2D eigenvalue weighted by atomic mass is 16.3. The van der Waals surface area contributed by atoms with E-state index < -0.39 is 0 Å². The highest BCUT2D eigenvalue weighted by molar-refractivity contribution is 5.91. The summed E-state index contributed by atoms with van der Waals surface area (Å²) in [5.41, 5.74) is 1.63. The summed E-state index contributed by atoms with van der Waals surface area (Å²) < 4.78 is 1.63. The largest absolute Gasteiger partial charge is 0.391 e. The maximum absolute atomic E-state index is 11.9. The molecule has 0 amide bonds. The van der Waals surface area contributed by atoms with Crippen molar-refractivity contribution in [2.24, 2.45) is 7.05 Å². The summed E-state index contributed by atoms with van der Waals surface area (Å²) in [6.45, 7) is 2.50. The molecule has 1 unspecified atom stereocenters. The summed E-state index contributed by atoms with van der Waals surface area (Å²) in [5, 5.41) is 13.9. The summed E-state index contributed by atoms with van der Waals surface area (Å²) in [6, 6.07) is 9.34. The number of aromatic nitrogens is 1. The van der Waals surface area contributed by atoms with Gasteiger partial charge in [-0.25, -0.2) is 0 Å². The molecule has 1 atom stereocenters. The van der Waals surface area contributed by atoms with Gasteiger partial charge < -0.3 is 15.0 Å². The van der Waals surface area contributed by atoms with Gasteiger partial charge in [-0.05, 0) is 12.5 Å². The zero-order chi connectivity index (χ0) is 13.8. The van der Waals surface area contributed by atoms with Gasteiger partial charge in [0.25, 0.3) is 5.56 Å². The molecule has 1 aromatic carbocycles. The van der Waals surface area contributed by atoms with Crippen molar-refractivity contribution >= 4 is 16.6 Å². The van der Waals surface area contributed by atoms with Gasteiger partial charge in [0.15, 0.2) is 0 Å². The Labute approximate surface area is 112 Å². The van der Waals surface area contributed by atoms with Crippen LogP contribution in [0.15, 0.2) is 35.1 Å². The van der Waals surface area contributed by atoms with E-state index >= 15 is 0 Å². The van der Waals surface area contributed by atoms with E-state index in [1.54, 1.807) is 17.7 Å². The van der Waals surface area contributed by atoms with Gasteiger partial charge in [0.1, 0.15) is 0 Å². The lowest BCUT2D eigenvalue weighted by Crippen LogP contribution is -2.22. The van der Waals surface area contributed by atoms with Crippen LogP contribution in [0.5, 0.6) is 0 Å². The monoisotopic (exact) mass is 260 g/mol. The van der Waals surface area contributed by atoms with E-state index in [0.29, 0.717) is 6.54 Å². The number of para-hydroxylation sites is 1. The molecule has 4 heteroatoms. The van der Waals surface area contributed by atoms with Crippen LogP contribution in [0, 0.1) is 0 Å². The van der Waals surface area contributed by atoms with E-state index in [9.17, 15) is 9.90 Å². The molecular formula is C15H20N2O2. The second-order valence-corrected chi connectivity index (χ2v) is 4.80. The molecule has 102 valence electrons. The molecule has 2 rings (SSSR count). The Morgan fingerprint density at radius 2 is 2.11 bits per heavy atom. The van der Waals surface area contributed by atoms with Gasteiger partial charge >= 0.3 is 0 Å². The Bertz CT molecular complexity index is 619. The van der Waals surface area contributed by atoms with Crippen molar-refractivity contribution in [2.45, 2.75) is 25.9 Å². The first-order valence-electron chi connectivity index (χ1n) is 6.64. The molecule has 1 aromatic heterocycles. The maximum atomic E-state index is 11.9. The molecule has 0 bridgehead atoms. The number of aliphatic hydroxyl groups is 1. The number of aryl methyl sites for hydroxylation is 1. The number of hydrogen-bond donors (Lipinski definition) is 2. The quantitative estimate of drug-likeness (QED) is 0.865. The third-order valence-corrected chi connectivity index (χ3v) is 3.30. The van der Waals surface area contributed by atoms with Gasteiger partial charge in [0, 0.05) is 30.7 Å². The predicted octanol–water partition coefficient (Wildman–Crippen LogP) is 2.11. The second kappa shape index (κ2) is 5.89. The summed E-state index contributed by atoms with van der Waals surface area (Å²) in [4.78, 5) is 11.9. The van der Waals surface area contributed by atoms with Crippen LogP contribution in [-0.4, -0.2) is 22.3 Å². The Balaban J connectivity index is 2.33. The summed E-state index contributed by atoms with van der Waals surface area (Å²) >= 11 is 0. The van der Waals surface area contributed by atoms with Crippen LogP contribution in [0.1, 0.15) is 19.8 Å². The van der Waals surface area contributed by atoms with Crippen LogP contribution in [0.25, 0.3) is 10.9 Å². The van der Waals surface area contributed by atoms with E-state index in [1.807, 2.05) is 31.2 Å². The lowest BCUT2D eigenvalue weighted by Gasteiger charge is -2.14. The van der Waals surface area contributed by atoms with Crippen molar-refractivity contribution in [1.82, 2.24) is 4.57 Å². The van der Waals surface area contributed by atoms with Gasteiger partial charge in [-0.2, -0.15) is 0 Å². The van der Waals surface area contributed by atoms with Crippen LogP contribution in [0.2, 0.25) is 0 Å². The molecule has 1 heterocycles. The fourth-order valence-corrected chi connectivity index (χ4v) is 2.22. The van der Waals surface area contributed by atoms with E-state index in [0.717, 1.165) is 29.4 Å². The zero-order valence-electron chi connectivity index (χ0n) is 11.4. The fraction of sp³-hybridized carbons (Fsp3) is 0.400. The van der Waals surface area contributed by atoms with Crippen molar-refractivity contribution in [3.63, 3.8) is 0 Å². The molecular weight excluding hydrogens is 240 g/mol. The fourth-order valence-electron chi connectivity index (χ4n) is 2.22. The molecule has 0 radical (unpaired) electrons. The number of benzene rings is 1. The molecule has 4 nitrogen and oxygen atoms in total. The van der Waals surface area contributed by atoms with Crippen LogP contribution < -0.4 is 10.9 Å². The van der Waals surface area contributed by atoms with Gasteiger partial charge in [-0.15, -0.1) is 0 Å². The Morgan fingerprint density at radius 1 is 1.37 bits per heavy atom. The molecule has 0 saturated heterocycles. The van der Waals surface area contributed by atoms with Crippen molar-refractivity contribution in [2.75, 3.05) is 11.9 Å². The first-order chi connectivity index (χ1) is 9.13. The number of aliphatic hydroxyl groups excluding tert-OH is 1. The van der Waals surface area contributed by atoms with Crippen LogP contribution in [0.3, 0.4) is 0 Å². The minimum atomic E-state index is -0.382. The molecule has 0 aliphatic carbocycles. The maximum Gasteiger partial charge on any atom is 0.252 e. The summed E-state index contributed by atoms with van der Waals surface area (Å²) in [5.74, 6) is 0. The number of rotatable bonds is 5. The Morgan fingerprint density at radius 3 is 2.84 bits per heavy atom. The van der Waals surface area contributed by atoms with Crippen LogP contribution >= 0.6 is 0 Å². The standard InChI is InChI=1S/C15H20N2O2/c1-3-6-11(18)10-16-13-9-15(19)17(2)14-8-5-4-7-12(13)14/h4-5,7-9,11,16,18H,3,6,10H2,1-2H3. The third-order valence-electron chi connectivity index (χ3n) is 3.30. The first kappa shape index (κ1) is 13.6. The molecule has 2 N–H and O–H groups in total. The van der Waals surface area contributed by atoms with E-state index in [1.165, 1.54) is 0 Å². The molecule has 0 aliphatic rings. The number of fused-ring (bicyclic) bond motifs is 1. The second-order valence-electron chi connectivity index (χ2n) is 4.80. The van der Waals surface area contributed by atoms with Crippen molar-refractivity contribution < 1.29 is 5.11 Å². The average Bonchev–Trinajstić information content (AvgIpc) is 2.42. The van der Waals surface area contributed by atoms with Gasteiger partial charge in [-0.1, -0.05) is 31.5 Å². The lowest BCUT2D eigenvalue weighted by molar-refractivity contribution is 0.176. The van der Waals surface area contributed by atoms with Crippen molar-refractivity contribution in [3.05, 3.63) is 40.7 Å². The third kappa shape index (κ3) is 2.96. The number of nitrogens with one attached hydrogen (secondary N) is 1. The SMILES string of the molecule is CCCC(O)CNc1cc(=O)n(C)c2ccccc12. The summed E-state index contributed by atoms with van der Waals surface area (Å²) in [6.07, 6.45) is 1.32. The molecule has 2 aromatic rings. The predicted molar refractivity (Wildman–Crippen MR) is 78.6 cm³/mol. The molecule has 0 fully saturated rings. The number of anilines is 1. The first-order valence-corrected chi connectivity index (χ1v) is 6.64. The molecule has 0 aliphatic heterocycles. The van der Waals surface area contributed by atoms with Crippen molar-refractivity contribution in [3.8, 4) is 0 Å². The van der Waals surface area contributed by atoms with Crippen LogP contribution in [0.4, 0.5) is 5.69 Å². The van der Waals surface area contributed by atoms with E-state index in [4.69, 9.17) is 0 Å². The van der Waals surface area contributed by atoms with Crippen LogP contribution in [-0.2, 0) is 7.05 Å². The minimum Gasteiger partial charge on any atom is -0.391 e.